The summed E-state index contributed by atoms with van der Waals surface area (Å²) < 4.78 is 7.21. The number of para-hydroxylation sites is 1. The largest absolute Gasteiger partial charge is 0.450 e. The van der Waals surface area contributed by atoms with Gasteiger partial charge in [-0.3, -0.25) is 0 Å². The van der Waals surface area contributed by atoms with Crippen LogP contribution in [0.25, 0.3) is 22.1 Å². The van der Waals surface area contributed by atoms with Crippen molar-refractivity contribution in [3.05, 3.63) is 64.4 Å². The normalized spacial score (nSPS) is 14.3. The van der Waals surface area contributed by atoms with Crippen LogP contribution in [0.2, 0.25) is 0 Å². The molecule has 2 aromatic carbocycles. The van der Waals surface area contributed by atoms with Crippen LogP contribution in [0.15, 0.2) is 57.7 Å². The molecule has 0 atom stereocenters. The number of furan rings is 1. The number of halogens is 1. The molecule has 0 radical (unpaired) electrons. The van der Waals surface area contributed by atoms with Crippen molar-refractivity contribution < 1.29 is 4.42 Å². The van der Waals surface area contributed by atoms with Crippen LogP contribution < -0.4 is 4.90 Å². The van der Waals surface area contributed by atoms with Crippen molar-refractivity contribution in [2.45, 2.75) is 13.0 Å². The van der Waals surface area contributed by atoms with E-state index in [1.54, 1.807) is 6.33 Å². The predicted octanol–water partition coefficient (Wildman–Crippen LogP) is 4.70. The summed E-state index contributed by atoms with van der Waals surface area (Å²) in [6.07, 6.45) is 2.64. The van der Waals surface area contributed by atoms with E-state index in [1.165, 1.54) is 11.1 Å². The third kappa shape index (κ3) is 2.12. The van der Waals surface area contributed by atoms with Gasteiger partial charge in [-0.1, -0.05) is 34.1 Å². The highest BCUT2D eigenvalue weighted by Crippen LogP contribution is 2.34. The highest BCUT2D eigenvalue weighted by molar-refractivity contribution is 9.10. The van der Waals surface area contributed by atoms with Crippen LogP contribution in [-0.2, 0) is 13.0 Å². The fourth-order valence-corrected chi connectivity index (χ4v) is 3.85. The number of hydrogen-bond acceptors (Lipinski definition) is 4. The molecule has 0 aliphatic carbocycles. The first-order valence-corrected chi connectivity index (χ1v) is 8.73. The summed E-state index contributed by atoms with van der Waals surface area (Å²) in [7, 11) is 0. The summed E-state index contributed by atoms with van der Waals surface area (Å²) in [6.45, 7) is 1.76. The van der Waals surface area contributed by atoms with Gasteiger partial charge in [-0.05, 0) is 41.8 Å². The van der Waals surface area contributed by atoms with Gasteiger partial charge < -0.3 is 9.32 Å². The van der Waals surface area contributed by atoms with E-state index in [1.807, 2.05) is 24.3 Å². The number of hydrogen-bond donors (Lipinski definition) is 0. The van der Waals surface area contributed by atoms with Crippen LogP contribution in [0, 0.1) is 0 Å². The third-order valence-corrected chi connectivity index (χ3v) is 5.11. The molecular formula is C19H14BrN3O. The first-order chi connectivity index (χ1) is 11.8. The van der Waals surface area contributed by atoms with E-state index in [0.29, 0.717) is 0 Å². The van der Waals surface area contributed by atoms with E-state index in [-0.39, 0.29) is 0 Å². The minimum absolute atomic E-state index is 0.777. The van der Waals surface area contributed by atoms with E-state index < -0.39 is 0 Å². The molecule has 5 rings (SSSR count). The number of aromatic nitrogens is 2. The van der Waals surface area contributed by atoms with Gasteiger partial charge in [0, 0.05) is 22.9 Å². The molecule has 0 bridgehead atoms. The van der Waals surface area contributed by atoms with Gasteiger partial charge in [-0.2, -0.15) is 0 Å². The Balaban J connectivity index is 1.63. The van der Waals surface area contributed by atoms with E-state index in [0.717, 1.165) is 51.9 Å². The summed E-state index contributed by atoms with van der Waals surface area (Å²) in [5.74, 6) is 0.879. The maximum Gasteiger partial charge on any atom is 0.196 e. The lowest BCUT2D eigenvalue weighted by Crippen LogP contribution is -2.31. The molecule has 0 fully saturated rings. The summed E-state index contributed by atoms with van der Waals surface area (Å²) in [4.78, 5) is 11.3. The van der Waals surface area contributed by atoms with Crippen LogP contribution in [0.1, 0.15) is 11.1 Å². The Labute approximate surface area is 147 Å². The standard InChI is InChI=1S/C19H14BrN3O/c20-14-6-5-13-10-23(8-7-12(13)9-14)19-18-17(21-11-22-19)15-3-1-2-4-16(15)24-18/h1-6,9,11H,7-8,10H2. The van der Waals surface area contributed by atoms with Gasteiger partial charge in [-0.15, -0.1) is 0 Å². The van der Waals surface area contributed by atoms with Crippen LogP contribution in [0.5, 0.6) is 0 Å². The third-order valence-electron chi connectivity index (χ3n) is 4.62. The van der Waals surface area contributed by atoms with E-state index in [2.05, 4.69) is 49.0 Å². The Bertz CT molecular complexity index is 1070. The highest BCUT2D eigenvalue weighted by Gasteiger charge is 2.22. The molecule has 0 N–H and O–H groups in total. The molecule has 0 saturated heterocycles. The van der Waals surface area contributed by atoms with Gasteiger partial charge in [0.1, 0.15) is 17.4 Å². The molecule has 0 amide bonds. The average Bonchev–Trinajstić information content (AvgIpc) is 3.00. The molecule has 118 valence electrons. The van der Waals surface area contributed by atoms with Crippen LogP contribution in [0.4, 0.5) is 5.82 Å². The fraction of sp³-hybridized carbons (Fsp3) is 0.158. The second kappa shape index (κ2) is 5.31. The number of fused-ring (bicyclic) bond motifs is 4. The lowest BCUT2D eigenvalue weighted by Gasteiger charge is -2.29. The smallest absolute Gasteiger partial charge is 0.196 e. The van der Waals surface area contributed by atoms with Gasteiger partial charge in [0.15, 0.2) is 11.4 Å². The molecule has 5 heteroatoms. The minimum Gasteiger partial charge on any atom is -0.450 e. The summed E-state index contributed by atoms with van der Waals surface area (Å²) >= 11 is 3.55. The van der Waals surface area contributed by atoms with E-state index in [4.69, 9.17) is 4.42 Å². The number of nitrogens with zero attached hydrogens (tertiary/aromatic N) is 3. The van der Waals surface area contributed by atoms with Gasteiger partial charge in [-0.25, -0.2) is 9.97 Å². The zero-order valence-corrected chi connectivity index (χ0v) is 14.5. The molecule has 2 aromatic heterocycles. The molecule has 4 aromatic rings. The van der Waals surface area contributed by atoms with Gasteiger partial charge in [0.2, 0.25) is 0 Å². The molecule has 4 nitrogen and oxygen atoms in total. The Morgan fingerprint density at radius 3 is 2.92 bits per heavy atom. The van der Waals surface area contributed by atoms with Crippen molar-refractivity contribution in [3.63, 3.8) is 0 Å². The number of anilines is 1. The molecule has 3 heterocycles. The molecular weight excluding hydrogens is 366 g/mol. The van der Waals surface area contributed by atoms with E-state index in [9.17, 15) is 0 Å². The Kier molecular flexibility index (Phi) is 3.10. The van der Waals surface area contributed by atoms with Gasteiger partial charge in [0.25, 0.3) is 0 Å². The zero-order valence-electron chi connectivity index (χ0n) is 12.9. The van der Waals surface area contributed by atoms with Crippen molar-refractivity contribution in [2.24, 2.45) is 0 Å². The first-order valence-electron chi connectivity index (χ1n) is 7.94. The summed E-state index contributed by atoms with van der Waals surface area (Å²) in [5.41, 5.74) is 5.26. The first kappa shape index (κ1) is 14.0. The van der Waals surface area contributed by atoms with Gasteiger partial charge >= 0.3 is 0 Å². The monoisotopic (exact) mass is 379 g/mol. The van der Waals surface area contributed by atoms with Crippen molar-refractivity contribution in [3.8, 4) is 0 Å². The molecule has 1 aliphatic rings. The zero-order chi connectivity index (χ0) is 16.1. The van der Waals surface area contributed by atoms with Crippen molar-refractivity contribution in [2.75, 3.05) is 11.4 Å². The van der Waals surface area contributed by atoms with Crippen LogP contribution in [0.3, 0.4) is 0 Å². The Morgan fingerprint density at radius 2 is 1.96 bits per heavy atom. The topological polar surface area (TPSA) is 42.2 Å². The van der Waals surface area contributed by atoms with E-state index >= 15 is 0 Å². The van der Waals surface area contributed by atoms with Gasteiger partial charge in [0.05, 0.1) is 0 Å². The lowest BCUT2D eigenvalue weighted by molar-refractivity contribution is 0.652. The maximum atomic E-state index is 6.07. The minimum atomic E-state index is 0.777. The lowest BCUT2D eigenvalue weighted by atomic mass is 10.00. The second-order valence-corrected chi connectivity index (χ2v) is 6.97. The molecule has 0 spiro atoms. The van der Waals surface area contributed by atoms with Crippen molar-refractivity contribution >= 4 is 43.8 Å². The summed E-state index contributed by atoms with van der Waals surface area (Å²) in [6, 6.07) is 14.5. The van der Waals surface area contributed by atoms with Crippen molar-refractivity contribution in [1.82, 2.24) is 9.97 Å². The number of benzene rings is 2. The predicted molar refractivity (Wildman–Crippen MR) is 98.2 cm³/mol. The second-order valence-electron chi connectivity index (χ2n) is 6.06. The van der Waals surface area contributed by atoms with Crippen LogP contribution in [-0.4, -0.2) is 16.5 Å². The maximum absolute atomic E-state index is 6.07. The Morgan fingerprint density at radius 1 is 1.04 bits per heavy atom. The quantitative estimate of drug-likeness (QED) is 0.480. The molecule has 0 unspecified atom stereocenters. The summed E-state index contributed by atoms with van der Waals surface area (Å²) in [5, 5.41) is 1.04. The SMILES string of the molecule is Brc1ccc2c(c1)CCN(c1ncnc3c1oc1ccccc13)C2. The highest BCUT2D eigenvalue weighted by atomic mass is 79.9. The average molecular weight is 380 g/mol. The fourth-order valence-electron chi connectivity index (χ4n) is 3.44. The van der Waals surface area contributed by atoms with Crippen LogP contribution >= 0.6 is 15.9 Å². The molecule has 24 heavy (non-hydrogen) atoms. The number of rotatable bonds is 1. The Hall–Kier alpha value is -2.40. The molecule has 0 saturated carbocycles. The molecule has 1 aliphatic heterocycles. The van der Waals surface area contributed by atoms with Crippen molar-refractivity contribution in [1.29, 1.82) is 0 Å².